The van der Waals surface area contributed by atoms with Crippen LogP contribution < -0.4 is 5.32 Å². The van der Waals surface area contributed by atoms with Crippen molar-refractivity contribution in [1.29, 1.82) is 0 Å². The minimum Gasteiger partial charge on any atom is -0.347 e. The maximum atomic E-state index is 11.7. The SMILES string of the molecule is C=C(C)CN(C)C(=NCc1ccccc1)NCC(=O)N(C)C.I. The fourth-order valence-corrected chi connectivity index (χ4v) is 1.85. The third-order valence-electron chi connectivity index (χ3n) is 3.02. The molecule has 0 radical (unpaired) electrons. The standard InChI is InChI=1S/C17H26N4O.HI/c1-14(2)13-21(5)17(19-12-16(22)20(3)4)18-11-15-9-7-6-8-10-15;/h6-10H,1,11-13H2,2-5H3,(H,18,19);1H. The molecule has 0 saturated heterocycles. The number of halogens is 1. The molecule has 1 aromatic rings. The third kappa shape index (κ3) is 8.59. The predicted octanol–water partition coefficient (Wildman–Crippen LogP) is 2.35. The highest BCUT2D eigenvalue weighted by Gasteiger charge is 2.10. The van der Waals surface area contributed by atoms with E-state index in [9.17, 15) is 4.79 Å². The number of hydrogen-bond acceptors (Lipinski definition) is 2. The molecule has 1 amide bonds. The molecule has 0 aliphatic heterocycles. The number of amides is 1. The number of carbonyl (C=O) groups excluding carboxylic acids is 1. The Morgan fingerprint density at radius 2 is 1.83 bits per heavy atom. The number of aliphatic imine (C=N–C) groups is 1. The Morgan fingerprint density at radius 1 is 1.22 bits per heavy atom. The Morgan fingerprint density at radius 3 is 2.35 bits per heavy atom. The Bertz CT molecular complexity index is 529. The zero-order valence-electron chi connectivity index (χ0n) is 14.4. The van der Waals surface area contributed by atoms with E-state index >= 15 is 0 Å². The molecule has 1 aromatic carbocycles. The average molecular weight is 430 g/mol. The van der Waals surface area contributed by atoms with Crippen LogP contribution in [0.4, 0.5) is 0 Å². The minimum atomic E-state index is 0. The second-order valence-corrected chi connectivity index (χ2v) is 5.58. The summed E-state index contributed by atoms with van der Waals surface area (Å²) < 4.78 is 0. The molecule has 1 N–H and O–H groups in total. The lowest BCUT2D eigenvalue weighted by molar-refractivity contribution is -0.127. The van der Waals surface area contributed by atoms with E-state index < -0.39 is 0 Å². The molecule has 1 rings (SSSR count). The van der Waals surface area contributed by atoms with Crippen LogP contribution in [0.25, 0.3) is 0 Å². The van der Waals surface area contributed by atoms with Crippen LogP contribution >= 0.6 is 24.0 Å². The molecule has 0 saturated carbocycles. The summed E-state index contributed by atoms with van der Waals surface area (Å²) in [5.74, 6) is 0.707. The first-order chi connectivity index (χ1) is 10.4. The average Bonchev–Trinajstić information content (AvgIpc) is 2.47. The molecule has 0 atom stereocenters. The molecule has 5 nitrogen and oxygen atoms in total. The van der Waals surface area contributed by atoms with Crippen LogP contribution in [-0.2, 0) is 11.3 Å². The smallest absolute Gasteiger partial charge is 0.241 e. The van der Waals surface area contributed by atoms with E-state index in [1.54, 1.807) is 19.0 Å². The monoisotopic (exact) mass is 430 g/mol. The molecule has 0 unspecified atom stereocenters. The number of benzene rings is 1. The molecular formula is C17H27IN4O. The lowest BCUT2D eigenvalue weighted by atomic mass is 10.2. The Balaban J connectivity index is 0.00000484. The molecule has 6 heteroatoms. The number of rotatable bonds is 6. The summed E-state index contributed by atoms with van der Waals surface area (Å²) in [7, 11) is 5.41. The summed E-state index contributed by atoms with van der Waals surface area (Å²) in [6.07, 6.45) is 0. The van der Waals surface area contributed by atoms with Crippen LogP contribution in [0.5, 0.6) is 0 Å². The van der Waals surface area contributed by atoms with Gasteiger partial charge in [-0.1, -0.05) is 42.5 Å². The van der Waals surface area contributed by atoms with Gasteiger partial charge in [-0.15, -0.1) is 24.0 Å². The topological polar surface area (TPSA) is 47.9 Å². The first-order valence-electron chi connectivity index (χ1n) is 7.28. The van der Waals surface area contributed by atoms with Crippen LogP contribution in [0, 0.1) is 0 Å². The molecule has 0 aromatic heterocycles. The largest absolute Gasteiger partial charge is 0.347 e. The molecule has 128 valence electrons. The van der Waals surface area contributed by atoms with Gasteiger partial charge in [-0.2, -0.15) is 0 Å². The van der Waals surface area contributed by atoms with Crippen molar-refractivity contribution in [3.63, 3.8) is 0 Å². The van der Waals surface area contributed by atoms with Gasteiger partial charge in [0.05, 0.1) is 13.1 Å². The first-order valence-corrected chi connectivity index (χ1v) is 7.28. The van der Waals surface area contributed by atoms with Gasteiger partial charge in [-0.3, -0.25) is 4.79 Å². The number of hydrogen-bond donors (Lipinski definition) is 1. The molecule has 0 bridgehead atoms. The van der Waals surface area contributed by atoms with Gasteiger partial charge < -0.3 is 15.1 Å². The lowest BCUT2D eigenvalue weighted by Gasteiger charge is -2.23. The number of carbonyl (C=O) groups is 1. The second-order valence-electron chi connectivity index (χ2n) is 5.58. The number of guanidine groups is 1. The fraction of sp³-hybridized carbons (Fsp3) is 0.412. The van der Waals surface area contributed by atoms with Crippen molar-refractivity contribution in [2.75, 3.05) is 34.2 Å². The van der Waals surface area contributed by atoms with E-state index in [0.29, 0.717) is 19.0 Å². The van der Waals surface area contributed by atoms with Gasteiger partial charge in [0, 0.05) is 27.7 Å². The maximum absolute atomic E-state index is 11.7. The Kier molecular flexibility index (Phi) is 10.3. The van der Waals surface area contributed by atoms with Crippen LogP contribution in [0.1, 0.15) is 12.5 Å². The van der Waals surface area contributed by atoms with Gasteiger partial charge in [0.1, 0.15) is 0 Å². The summed E-state index contributed by atoms with van der Waals surface area (Å²) in [5.41, 5.74) is 2.17. The van der Waals surface area contributed by atoms with Gasteiger partial charge in [-0.25, -0.2) is 4.99 Å². The van der Waals surface area contributed by atoms with Crippen molar-refractivity contribution in [3.05, 3.63) is 48.0 Å². The first kappa shape index (κ1) is 21.4. The maximum Gasteiger partial charge on any atom is 0.241 e. The van der Waals surface area contributed by atoms with Crippen molar-refractivity contribution < 1.29 is 4.79 Å². The van der Waals surface area contributed by atoms with E-state index in [1.807, 2.05) is 49.2 Å². The van der Waals surface area contributed by atoms with Crippen LogP contribution in [0.15, 0.2) is 47.5 Å². The van der Waals surface area contributed by atoms with E-state index in [4.69, 9.17) is 0 Å². The summed E-state index contributed by atoms with van der Waals surface area (Å²) in [5, 5.41) is 3.12. The van der Waals surface area contributed by atoms with Crippen LogP contribution in [0.3, 0.4) is 0 Å². The van der Waals surface area contributed by atoms with E-state index in [2.05, 4.69) is 16.9 Å². The zero-order chi connectivity index (χ0) is 16.5. The quantitative estimate of drug-likeness (QED) is 0.326. The van der Waals surface area contributed by atoms with E-state index in [1.165, 1.54) is 0 Å². The number of nitrogens with zero attached hydrogens (tertiary/aromatic N) is 3. The highest BCUT2D eigenvalue weighted by molar-refractivity contribution is 14.0. The lowest BCUT2D eigenvalue weighted by Crippen LogP contribution is -2.44. The third-order valence-corrected chi connectivity index (χ3v) is 3.02. The second kappa shape index (κ2) is 11.0. The molecule has 23 heavy (non-hydrogen) atoms. The Hall–Kier alpha value is -1.57. The van der Waals surface area contributed by atoms with Crippen molar-refractivity contribution in [1.82, 2.24) is 15.1 Å². The zero-order valence-corrected chi connectivity index (χ0v) is 16.7. The molecular weight excluding hydrogens is 403 g/mol. The van der Waals surface area contributed by atoms with Crippen molar-refractivity contribution in [2.24, 2.45) is 4.99 Å². The molecule has 0 aliphatic rings. The van der Waals surface area contributed by atoms with Gasteiger partial charge in [-0.05, 0) is 12.5 Å². The van der Waals surface area contributed by atoms with Crippen molar-refractivity contribution in [2.45, 2.75) is 13.5 Å². The van der Waals surface area contributed by atoms with Crippen molar-refractivity contribution >= 4 is 35.8 Å². The van der Waals surface area contributed by atoms with Gasteiger partial charge in [0.25, 0.3) is 0 Å². The molecule has 0 spiro atoms. The summed E-state index contributed by atoms with van der Waals surface area (Å²) in [6, 6.07) is 10.0. The van der Waals surface area contributed by atoms with Gasteiger partial charge in [0.15, 0.2) is 5.96 Å². The van der Waals surface area contributed by atoms with Gasteiger partial charge >= 0.3 is 0 Å². The summed E-state index contributed by atoms with van der Waals surface area (Å²) >= 11 is 0. The highest BCUT2D eigenvalue weighted by Crippen LogP contribution is 2.02. The molecule has 0 heterocycles. The predicted molar refractivity (Wildman–Crippen MR) is 107 cm³/mol. The fourth-order valence-electron chi connectivity index (χ4n) is 1.85. The highest BCUT2D eigenvalue weighted by atomic mass is 127. The van der Waals surface area contributed by atoms with Crippen molar-refractivity contribution in [3.8, 4) is 0 Å². The summed E-state index contributed by atoms with van der Waals surface area (Å²) in [6.45, 7) is 7.37. The number of likely N-dealkylation sites (N-methyl/N-ethyl adjacent to an activating group) is 2. The summed E-state index contributed by atoms with van der Waals surface area (Å²) in [4.78, 5) is 19.9. The number of nitrogens with one attached hydrogen (secondary N) is 1. The van der Waals surface area contributed by atoms with E-state index in [-0.39, 0.29) is 36.4 Å². The van der Waals surface area contributed by atoms with Crippen LogP contribution in [-0.4, -0.2) is 55.9 Å². The molecule has 0 fully saturated rings. The van der Waals surface area contributed by atoms with Gasteiger partial charge in [0.2, 0.25) is 5.91 Å². The van der Waals surface area contributed by atoms with Crippen LogP contribution in [0.2, 0.25) is 0 Å². The minimum absolute atomic E-state index is 0. The normalized spacial score (nSPS) is 10.5. The Labute approximate surface area is 156 Å². The molecule has 0 aliphatic carbocycles. The van der Waals surface area contributed by atoms with E-state index in [0.717, 1.165) is 11.1 Å².